The number of amides is 1. The first-order valence-corrected chi connectivity index (χ1v) is 10.1. The molecule has 4 rings (SSSR count). The van der Waals surface area contributed by atoms with E-state index in [0.29, 0.717) is 11.8 Å². The Balaban J connectivity index is 1.86. The van der Waals surface area contributed by atoms with Crippen LogP contribution in [0.2, 0.25) is 0 Å². The number of fused-ring (bicyclic) bond motifs is 1. The molecule has 2 aliphatic heterocycles. The third-order valence-electron chi connectivity index (χ3n) is 6.15. The number of carbonyl (C=O) groups excluding carboxylic acids is 1. The highest BCUT2D eigenvalue weighted by atomic mass is 16.2. The molecule has 4 heteroatoms. The molecule has 1 fully saturated rings. The van der Waals surface area contributed by atoms with E-state index < -0.39 is 0 Å². The van der Waals surface area contributed by atoms with Crippen molar-refractivity contribution in [3.8, 4) is 0 Å². The molecule has 1 N–H and O–H groups in total. The lowest BCUT2D eigenvalue weighted by Crippen LogP contribution is -2.48. The van der Waals surface area contributed by atoms with Crippen molar-refractivity contribution in [3.05, 3.63) is 41.5 Å². The number of benzene rings is 1. The maximum atomic E-state index is 12.6. The maximum Gasteiger partial charge on any atom is 0.224 e. The number of nitrogens with one attached hydrogen (secondary N) is 1. The van der Waals surface area contributed by atoms with Crippen molar-refractivity contribution in [3.63, 3.8) is 0 Å². The van der Waals surface area contributed by atoms with Gasteiger partial charge >= 0.3 is 0 Å². The van der Waals surface area contributed by atoms with Gasteiger partial charge in [0.1, 0.15) is 0 Å². The van der Waals surface area contributed by atoms with Gasteiger partial charge in [0.25, 0.3) is 0 Å². The minimum absolute atomic E-state index is 0.150. The minimum atomic E-state index is 0.150. The molecule has 3 aliphatic rings. The third kappa shape index (κ3) is 3.39. The van der Waals surface area contributed by atoms with Crippen LogP contribution in [0.25, 0.3) is 11.1 Å². The van der Waals surface area contributed by atoms with Crippen LogP contribution in [0.4, 0.5) is 5.69 Å². The van der Waals surface area contributed by atoms with Gasteiger partial charge in [-0.2, -0.15) is 0 Å². The van der Waals surface area contributed by atoms with Crippen LogP contribution in [0.5, 0.6) is 0 Å². The van der Waals surface area contributed by atoms with E-state index in [-0.39, 0.29) is 11.9 Å². The Kier molecular flexibility index (Phi) is 5.00. The molecule has 4 nitrogen and oxygen atoms in total. The Bertz CT molecular complexity index is 832. The molecule has 0 radical (unpaired) electrons. The second-order valence-corrected chi connectivity index (χ2v) is 7.95. The number of carbonyl (C=O) groups is 1. The van der Waals surface area contributed by atoms with Crippen LogP contribution in [0.1, 0.15) is 44.2 Å². The number of hydrogen-bond acceptors (Lipinski definition) is 3. The molecule has 1 unspecified atom stereocenters. The molecule has 1 amide bonds. The largest absolute Gasteiger partial charge is 0.313 e. The molecule has 0 aromatic heterocycles. The zero-order valence-electron chi connectivity index (χ0n) is 16.5. The van der Waals surface area contributed by atoms with Gasteiger partial charge in [-0.15, -0.1) is 0 Å². The van der Waals surface area contributed by atoms with Gasteiger partial charge in [-0.05, 0) is 66.6 Å². The Labute approximate surface area is 162 Å². The molecule has 2 atom stereocenters. The van der Waals surface area contributed by atoms with E-state index in [0.717, 1.165) is 25.2 Å². The van der Waals surface area contributed by atoms with Crippen molar-refractivity contribution in [2.24, 2.45) is 16.8 Å². The summed E-state index contributed by atoms with van der Waals surface area (Å²) in [7, 11) is 1.81. The van der Waals surface area contributed by atoms with Crippen molar-refractivity contribution in [1.82, 2.24) is 5.32 Å². The fraction of sp³-hybridized carbons (Fsp3) is 0.478. The fourth-order valence-electron chi connectivity index (χ4n) is 4.71. The first kappa shape index (κ1) is 18.2. The quantitative estimate of drug-likeness (QED) is 0.827. The number of hydrogen-bond donors (Lipinski definition) is 1. The lowest BCUT2D eigenvalue weighted by atomic mass is 9.78. The number of anilines is 1. The van der Waals surface area contributed by atoms with Gasteiger partial charge in [-0.3, -0.25) is 9.79 Å². The van der Waals surface area contributed by atoms with Gasteiger partial charge in [-0.25, -0.2) is 0 Å². The summed E-state index contributed by atoms with van der Waals surface area (Å²) < 4.78 is 0. The smallest absolute Gasteiger partial charge is 0.224 e. The summed E-state index contributed by atoms with van der Waals surface area (Å²) in [5, 5.41) is 3.38. The molecule has 2 heterocycles. The molecule has 0 saturated heterocycles. The van der Waals surface area contributed by atoms with E-state index in [4.69, 9.17) is 0 Å². The summed E-state index contributed by atoms with van der Waals surface area (Å²) in [5.74, 6) is 1.08. The molecule has 142 valence electrons. The van der Waals surface area contributed by atoms with Crippen LogP contribution in [-0.2, 0) is 4.79 Å². The molecule has 27 heavy (non-hydrogen) atoms. The van der Waals surface area contributed by atoms with E-state index in [1.165, 1.54) is 35.1 Å². The Morgan fingerprint density at radius 1 is 1.33 bits per heavy atom. The van der Waals surface area contributed by atoms with E-state index >= 15 is 0 Å². The summed E-state index contributed by atoms with van der Waals surface area (Å²) in [5.41, 5.74) is 6.22. The summed E-state index contributed by atoms with van der Waals surface area (Å²) >= 11 is 0. The maximum absolute atomic E-state index is 12.6. The highest BCUT2D eigenvalue weighted by Crippen LogP contribution is 2.50. The van der Waals surface area contributed by atoms with Gasteiger partial charge in [0, 0.05) is 44.3 Å². The topological polar surface area (TPSA) is 44.7 Å². The Hall–Kier alpha value is -2.20. The minimum Gasteiger partial charge on any atom is -0.313 e. The molecule has 0 spiro atoms. The fourth-order valence-corrected chi connectivity index (χ4v) is 4.71. The van der Waals surface area contributed by atoms with Gasteiger partial charge in [0.15, 0.2) is 0 Å². The molecule has 1 aromatic rings. The van der Waals surface area contributed by atoms with Gasteiger partial charge in [0.2, 0.25) is 5.91 Å². The van der Waals surface area contributed by atoms with E-state index in [1.807, 2.05) is 13.3 Å². The molecule has 1 aromatic carbocycles. The lowest BCUT2D eigenvalue weighted by molar-refractivity contribution is -0.117. The van der Waals surface area contributed by atoms with E-state index in [1.54, 1.807) is 6.92 Å². The summed E-state index contributed by atoms with van der Waals surface area (Å²) in [6.45, 7) is 5.93. The van der Waals surface area contributed by atoms with Crippen molar-refractivity contribution >= 4 is 29.0 Å². The van der Waals surface area contributed by atoms with Crippen LogP contribution in [0.3, 0.4) is 0 Å². The molecule has 0 bridgehead atoms. The first-order valence-electron chi connectivity index (χ1n) is 10.1. The second-order valence-electron chi connectivity index (χ2n) is 7.95. The van der Waals surface area contributed by atoms with Crippen molar-refractivity contribution in [1.29, 1.82) is 0 Å². The zero-order chi connectivity index (χ0) is 19.0. The average molecular weight is 364 g/mol. The number of allylic oxidation sites excluding steroid dienone is 1. The average Bonchev–Trinajstić information content (AvgIpc) is 3.51. The number of aliphatic imine (C=N–C) groups is 1. The van der Waals surface area contributed by atoms with Crippen LogP contribution in [0, 0.1) is 11.8 Å². The van der Waals surface area contributed by atoms with Crippen molar-refractivity contribution < 1.29 is 4.79 Å². The predicted molar refractivity (Wildman–Crippen MR) is 113 cm³/mol. The van der Waals surface area contributed by atoms with Gasteiger partial charge < -0.3 is 10.2 Å². The van der Waals surface area contributed by atoms with Gasteiger partial charge in [0.05, 0.1) is 5.69 Å². The third-order valence-corrected chi connectivity index (χ3v) is 6.15. The predicted octanol–water partition coefficient (Wildman–Crippen LogP) is 3.93. The van der Waals surface area contributed by atoms with E-state index in [2.05, 4.69) is 52.5 Å². The summed E-state index contributed by atoms with van der Waals surface area (Å²) in [4.78, 5) is 18.9. The van der Waals surface area contributed by atoms with Crippen LogP contribution >= 0.6 is 0 Å². The van der Waals surface area contributed by atoms with Gasteiger partial charge in [-0.1, -0.05) is 19.1 Å². The molecule has 1 saturated carbocycles. The van der Waals surface area contributed by atoms with Crippen molar-refractivity contribution in [2.45, 2.75) is 39.2 Å². The Morgan fingerprint density at radius 3 is 2.78 bits per heavy atom. The monoisotopic (exact) mass is 363 g/mol. The molecule has 1 aliphatic carbocycles. The zero-order valence-corrected chi connectivity index (χ0v) is 16.5. The van der Waals surface area contributed by atoms with Crippen LogP contribution in [0.15, 0.2) is 35.3 Å². The molecular weight excluding hydrogens is 334 g/mol. The van der Waals surface area contributed by atoms with Crippen molar-refractivity contribution in [2.75, 3.05) is 25.0 Å². The standard InChI is InChI=1S/C23H29N3O/c1-15-20(10-11-24-3)21-14-19(17-8-12-25-13-9-17)6-7-22(21)26(16(2)27)23(15)18-4-5-18/h6-8,10-11,14-15,18,23,25H,4-5,9,12-13H2,1-3H3/b20-10+,24-11?/t15-,23?/m0/s1. The summed E-state index contributed by atoms with van der Waals surface area (Å²) in [6.07, 6.45) is 9.81. The number of nitrogens with zero attached hydrogens (tertiary/aromatic N) is 2. The van der Waals surface area contributed by atoms with Crippen LogP contribution < -0.4 is 10.2 Å². The normalized spacial score (nSPS) is 27.0. The lowest BCUT2D eigenvalue weighted by Gasteiger charge is -2.43. The van der Waals surface area contributed by atoms with E-state index in [9.17, 15) is 4.79 Å². The summed E-state index contributed by atoms with van der Waals surface area (Å²) in [6, 6.07) is 6.90. The second kappa shape index (κ2) is 7.43. The van der Waals surface area contributed by atoms with Crippen LogP contribution in [-0.4, -0.2) is 38.3 Å². The highest BCUT2D eigenvalue weighted by Gasteiger charge is 2.45. The number of rotatable bonds is 3. The highest BCUT2D eigenvalue weighted by molar-refractivity contribution is 6.01. The molecular formula is C23H29N3O. The Morgan fingerprint density at radius 2 is 2.15 bits per heavy atom. The SMILES string of the molecule is CN=C/C=C1/c2cc(C3=CCNCC3)ccc2N(C(C)=O)C(C2CC2)[C@H]1C. The first-order chi connectivity index (χ1) is 13.1.